The lowest BCUT2D eigenvalue weighted by Gasteiger charge is -2.37. The Morgan fingerprint density at radius 1 is 1.19 bits per heavy atom. The molecule has 0 heterocycles. The fourth-order valence-corrected chi connectivity index (χ4v) is 2.57. The van der Waals surface area contributed by atoms with Crippen LogP contribution in [-0.4, -0.2) is 29.8 Å². The average molecular weight is 289 g/mol. The minimum atomic E-state index is -0.530. The van der Waals surface area contributed by atoms with Crippen molar-refractivity contribution >= 4 is 5.96 Å². The maximum Gasteiger partial charge on any atom is 0.191 e. The normalized spacial score (nSPS) is 17.2. The lowest BCUT2D eigenvalue weighted by molar-refractivity contribution is -0.0279. The summed E-state index contributed by atoms with van der Waals surface area (Å²) in [5.41, 5.74) is 2.08. The Kier molecular flexibility index (Phi) is 5.62. The van der Waals surface area contributed by atoms with E-state index in [2.05, 4.69) is 53.7 Å². The summed E-state index contributed by atoms with van der Waals surface area (Å²) in [6.07, 6.45) is 3.92. The number of nitrogens with one attached hydrogen (secondary N) is 2. The molecule has 4 nitrogen and oxygen atoms in total. The molecule has 0 atom stereocenters. The number of aryl methyl sites for hydroxylation is 1. The van der Waals surface area contributed by atoms with Crippen LogP contribution in [-0.2, 0) is 13.0 Å². The molecule has 0 amide bonds. The summed E-state index contributed by atoms with van der Waals surface area (Å²) >= 11 is 0. The van der Waals surface area contributed by atoms with Gasteiger partial charge in [0, 0.05) is 13.1 Å². The summed E-state index contributed by atoms with van der Waals surface area (Å²) in [6.45, 7) is 6.28. The Morgan fingerprint density at radius 2 is 1.90 bits per heavy atom. The zero-order valence-corrected chi connectivity index (χ0v) is 13.2. The molecule has 0 bridgehead atoms. The summed E-state index contributed by atoms with van der Waals surface area (Å²) in [5, 5.41) is 16.6. The van der Waals surface area contributed by atoms with E-state index in [0.717, 1.165) is 38.2 Å². The third kappa shape index (κ3) is 4.46. The lowest BCUT2D eigenvalue weighted by atomic mass is 9.80. The van der Waals surface area contributed by atoms with E-state index in [1.54, 1.807) is 0 Å². The van der Waals surface area contributed by atoms with Crippen LogP contribution >= 0.6 is 0 Å². The summed E-state index contributed by atoms with van der Waals surface area (Å²) in [6, 6.07) is 8.41. The Morgan fingerprint density at radius 3 is 2.48 bits per heavy atom. The number of rotatable bonds is 6. The first-order valence-corrected chi connectivity index (χ1v) is 7.98. The number of guanidine groups is 1. The number of benzene rings is 1. The maximum atomic E-state index is 10.1. The van der Waals surface area contributed by atoms with E-state index in [1.807, 2.05) is 0 Å². The first kappa shape index (κ1) is 15.8. The molecule has 1 fully saturated rings. The third-order valence-electron chi connectivity index (χ3n) is 4.12. The molecule has 0 saturated heterocycles. The molecular formula is C17H27N3O. The minimum absolute atomic E-state index is 0.530. The second-order valence-electron chi connectivity index (χ2n) is 5.75. The number of hydrogen-bond donors (Lipinski definition) is 3. The summed E-state index contributed by atoms with van der Waals surface area (Å²) in [4.78, 5) is 4.64. The second-order valence-corrected chi connectivity index (χ2v) is 5.75. The van der Waals surface area contributed by atoms with Crippen LogP contribution in [0.1, 0.15) is 44.2 Å². The van der Waals surface area contributed by atoms with Gasteiger partial charge in [0.15, 0.2) is 5.96 Å². The van der Waals surface area contributed by atoms with Crippen LogP contribution in [0.4, 0.5) is 0 Å². The van der Waals surface area contributed by atoms with Crippen molar-refractivity contribution in [2.75, 3.05) is 13.1 Å². The van der Waals surface area contributed by atoms with Gasteiger partial charge in [-0.1, -0.05) is 31.2 Å². The molecule has 0 radical (unpaired) electrons. The van der Waals surface area contributed by atoms with Gasteiger partial charge in [-0.3, -0.25) is 0 Å². The van der Waals surface area contributed by atoms with Crippen molar-refractivity contribution in [3.8, 4) is 0 Å². The topological polar surface area (TPSA) is 56.7 Å². The van der Waals surface area contributed by atoms with Gasteiger partial charge in [-0.05, 0) is 43.7 Å². The molecule has 1 saturated carbocycles. The van der Waals surface area contributed by atoms with Gasteiger partial charge < -0.3 is 15.7 Å². The molecule has 3 N–H and O–H groups in total. The van der Waals surface area contributed by atoms with E-state index in [0.29, 0.717) is 13.1 Å². The van der Waals surface area contributed by atoms with E-state index in [1.165, 1.54) is 11.1 Å². The molecule has 21 heavy (non-hydrogen) atoms. The van der Waals surface area contributed by atoms with Crippen molar-refractivity contribution in [2.24, 2.45) is 4.99 Å². The van der Waals surface area contributed by atoms with Crippen LogP contribution in [0.3, 0.4) is 0 Å². The van der Waals surface area contributed by atoms with Gasteiger partial charge in [0.05, 0.1) is 12.1 Å². The second kappa shape index (κ2) is 7.46. The molecule has 0 aromatic heterocycles. The highest BCUT2D eigenvalue weighted by Gasteiger charge is 2.34. The smallest absolute Gasteiger partial charge is 0.191 e. The molecule has 0 aliphatic heterocycles. The number of nitrogens with zero attached hydrogens (tertiary/aromatic N) is 1. The van der Waals surface area contributed by atoms with Gasteiger partial charge in [0.2, 0.25) is 0 Å². The molecule has 0 unspecified atom stereocenters. The first-order chi connectivity index (χ1) is 10.2. The zero-order chi connectivity index (χ0) is 15.1. The van der Waals surface area contributed by atoms with Crippen molar-refractivity contribution in [3.63, 3.8) is 0 Å². The average Bonchev–Trinajstić information content (AvgIpc) is 2.48. The molecular weight excluding hydrogens is 262 g/mol. The predicted octanol–water partition coefficient (Wildman–Crippen LogP) is 2.22. The van der Waals surface area contributed by atoms with Gasteiger partial charge in [-0.15, -0.1) is 0 Å². The summed E-state index contributed by atoms with van der Waals surface area (Å²) < 4.78 is 0. The van der Waals surface area contributed by atoms with Crippen molar-refractivity contribution in [3.05, 3.63) is 35.4 Å². The highest BCUT2D eigenvalue weighted by Crippen LogP contribution is 2.30. The van der Waals surface area contributed by atoms with Crippen molar-refractivity contribution in [1.29, 1.82) is 0 Å². The van der Waals surface area contributed by atoms with Gasteiger partial charge in [-0.2, -0.15) is 0 Å². The molecule has 116 valence electrons. The Hall–Kier alpha value is -1.55. The largest absolute Gasteiger partial charge is 0.388 e. The van der Waals surface area contributed by atoms with Gasteiger partial charge in [0.1, 0.15) is 0 Å². The number of aliphatic imine (C=N–C) groups is 1. The van der Waals surface area contributed by atoms with E-state index in [4.69, 9.17) is 0 Å². The van der Waals surface area contributed by atoms with Crippen molar-refractivity contribution in [2.45, 2.75) is 51.7 Å². The number of aliphatic hydroxyl groups is 1. The zero-order valence-electron chi connectivity index (χ0n) is 13.2. The van der Waals surface area contributed by atoms with Crippen molar-refractivity contribution < 1.29 is 5.11 Å². The molecule has 1 aromatic rings. The molecule has 0 spiro atoms. The van der Waals surface area contributed by atoms with E-state index < -0.39 is 5.60 Å². The minimum Gasteiger partial charge on any atom is -0.388 e. The van der Waals surface area contributed by atoms with Gasteiger partial charge in [0.25, 0.3) is 0 Å². The van der Waals surface area contributed by atoms with Crippen LogP contribution < -0.4 is 10.6 Å². The van der Waals surface area contributed by atoms with Crippen LogP contribution in [0.25, 0.3) is 0 Å². The molecule has 1 aliphatic rings. The quantitative estimate of drug-likeness (QED) is 0.556. The SMILES string of the molecule is CCNC(=NCc1ccccc1CC)NCC1(O)CCC1. The third-order valence-corrected chi connectivity index (χ3v) is 4.12. The summed E-state index contributed by atoms with van der Waals surface area (Å²) in [7, 11) is 0. The van der Waals surface area contributed by atoms with Crippen molar-refractivity contribution in [1.82, 2.24) is 10.6 Å². The van der Waals surface area contributed by atoms with Crippen LogP contribution in [0.5, 0.6) is 0 Å². The predicted molar refractivity (Wildman–Crippen MR) is 87.4 cm³/mol. The Balaban J connectivity index is 1.96. The molecule has 1 aliphatic carbocycles. The highest BCUT2D eigenvalue weighted by molar-refractivity contribution is 5.79. The summed E-state index contributed by atoms with van der Waals surface area (Å²) in [5.74, 6) is 0.781. The highest BCUT2D eigenvalue weighted by atomic mass is 16.3. The Labute approximate surface area is 127 Å². The fourth-order valence-electron chi connectivity index (χ4n) is 2.57. The van der Waals surface area contributed by atoms with Gasteiger partial charge in [-0.25, -0.2) is 4.99 Å². The Bertz CT molecular complexity index is 481. The van der Waals surface area contributed by atoms with Crippen LogP contribution in [0.15, 0.2) is 29.3 Å². The molecule has 2 rings (SSSR count). The van der Waals surface area contributed by atoms with E-state index in [9.17, 15) is 5.11 Å². The van der Waals surface area contributed by atoms with E-state index >= 15 is 0 Å². The maximum absolute atomic E-state index is 10.1. The lowest BCUT2D eigenvalue weighted by Crippen LogP contribution is -2.50. The first-order valence-electron chi connectivity index (χ1n) is 7.98. The van der Waals surface area contributed by atoms with Gasteiger partial charge >= 0.3 is 0 Å². The number of hydrogen-bond acceptors (Lipinski definition) is 2. The molecule has 4 heteroatoms. The van der Waals surface area contributed by atoms with E-state index in [-0.39, 0.29) is 0 Å². The monoisotopic (exact) mass is 289 g/mol. The van der Waals surface area contributed by atoms with Crippen LogP contribution in [0, 0.1) is 0 Å². The standard InChI is InChI=1S/C17H27N3O/c1-3-14-8-5-6-9-15(14)12-19-16(18-4-2)20-13-17(21)10-7-11-17/h5-6,8-9,21H,3-4,7,10-13H2,1-2H3,(H2,18,19,20). The fraction of sp³-hybridized carbons (Fsp3) is 0.588. The molecule has 1 aromatic carbocycles. The van der Waals surface area contributed by atoms with Crippen LogP contribution in [0.2, 0.25) is 0 Å².